The van der Waals surface area contributed by atoms with Crippen molar-refractivity contribution in [2.24, 2.45) is 0 Å². The van der Waals surface area contributed by atoms with Crippen LogP contribution in [-0.2, 0) is 16.8 Å². The molecule has 1 spiro atoms. The minimum atomic E-state index is -0.807. The number of benzene rings is 2. The van der Waals surface area contributed by atoms with Crippen molar-refractivity contribution in [2.75, 3.05) is 11.4 Å². The Bertz CT molecular complexity index is 1010. The number of amides is 1. The predicted octanol–water partition coefficient (Wildman–Crippen LogP) is 3.31. The fraction of sp³-hybridized carbons (Fsp3) is 0.286. The molecule has 0 bridgehead atoms. The zero-order valence-corrected chi connectivity index (χ0v) is 14.5. The minimum absolute atomic E-state index is 0.121. The zero-order valence-electron chi connectivity index (χ0n) is 14.5. The van der Waals surface area contributed by atoms with E-state index in [1.807, 2.05) is 30.0 Å². The van der Waals surface area contributed by atoms with E-state index >= 15 is 0 Å². The number of hydrogen-bond acceptors (Lipinski definition) is 2. The summed E-state index contributed by atoms with van der Waals surface area (Å²) in [6.45, 7) is 4.87. The number of nitrogens with one attached hydrogen (secondary N) is 2. The Morgan fingerprint density at radius 1 is 1.16 bits per heavy atom. The highest BCUT2D eigenvalue weighted by Gasteiger charge is 2.55. The Morgan fingerprint density at radius 3 is 2.76 bits per heavy atom. The Hall–Kier alpha value is -2.59. The molecule has 0 radical (unpaired) electrons. The van der Waals surface area contributed by atoms with Gasteiger partial charge in [0.25, 0.3) is 5.91 Å². The van der Waals surface area contributed by atoms with Crippen LogP contribution >= 0.6 is 0 Å². The Balaban J connectivity index is 1.87. The van der Waals surface area contributed by atoms with Crippen LogP contribution in [0.3, 0.4) is 0 Å². The molecule has 0 saturated heterocycles. The molecule has 2 aliphatic rings. The first-order valence-electron chi connectivity index (χ1n) is 8.96. The molecule has 4 heteroatoms. The lowest BCUT2D eigenvalue weighted by molar-refractivity contribution is -0.123. The summed E-state index contributed by atoms with van der Waals surface area (Å²) in [5, 5.41) is 4.88. The lowest BCUT2D eigenvalue weighted by atomic mass is 9.80. The SMILES string of the molecule is CCN1C(=O)[C@@]2(N[C@H](C)Cc3c2[nH]c2ccccc32)c2ccccc21. The molecule has 2 aromatic carbocycles. The van der Waals surface area contributed by atoms with Gasteiger partial charge in [0, 0.05) is 34.7 Å². The van der Waals surface area contributed by atoms with Crippen molar-refractivity contribution in [2.45, 2.75) is 31.8 Å². The number of fused-ring (bicyclic) bond motifs is 6. The van der Waals surface area contributed by atoms with E-state index < -0.39 is 5.54 Å². The second-order valence-corrected chi connectivity index (χ2v) is 7.09. The van der Waals surface area contributed by atoms with E-state index in [0.29, 0.717) is 6.54 Å². The summed E-state index contributed by atoms with van der Waals surface area (Å²) in [5.74, 6) is 0.121. The van der Waals surface area contributed by atoms with E-state index in [2.05, 4.69) is 47.6 Å². The van der Waals surface area contributed by atoms with Crippen molar-refractivity contribution in [3.63, 3.8) is 0 Å². The maximum Gasteiger partial charge on any atom is 0.258 e. The molecule has 1 amide bonds. The maximum atomic E-state index is 13.6. The molecule has 5 rings (SSSR count). The summed E-state index contributed by atoms with van der Waals surface area (Å²) in [5.41, 5.74) is 4.65. The zero-order chi connectivity index (χ0) is 17.2. The normalized spacial score (nSPS) is 24.8. The second kappa shape index (κ2) is 4.96. The molecule has 2 aliphatic heterocycles. The van der Waals surface area contributed by atoms with Gasteiger partial charge >= 0.3 is 0 Å². The number of para-hydroxylation sites is 2. The summed E-state index contributed by atoms with van der Waals surface area (Å²) in [6.07, 6.45) is 0.919. The van der Waals surface area contributed by atoms with Crippen molar-refractivity contribution in [3.05, 3.63) is 65.4 Å². The lowest BCUT2D eigenvalue weighted by Crippen LogP contribution is -2.58. The number of anilines is 1. The number of nitrogens with zero attached hydrogens (tertiary/aromatic N) is 1. The minimum Gasteiger partial charge on any atom is -0.356 e. The van der Waals surface area contributed by atoms with Crippen LogP contribution in [0.2, 0.25) is 0 Å². The van der Waals surface area contributed by atoms with Gasteiger partial charge in [-0.1, -0.05) is 36.4 Å². The fourth-order valence-electron chi connectivity index (χ4n) is 4.68. The summed E-state index contributed by atoms with van der Waals surface area (Å²) in [7, 11) is 0. The standard InChI is InChI=1S/C21H21N3O/c1-3-24-18-11-7-5-9-16(18)21(20(24)25)19-15(12-13(2)23-21)14-8-4-6-10-17(14)22-19/h4-11,13,22-23H,3,12H2,1-2H3/t13-,21-/m1/s1. The lowest BCUT2D eigenvalue weighted by Gasteiger charge is -2.37. The van der Waals surface area contributed by atoms with E-state index in [1.165, 1.54) is 10.9 Å². The van der Waals surface area contributed by atoms with Crippen LogP contribution in [0.5, 0.6) is 0 Å². The average Bonchev–Trinajstić information content (AvgIpc) is 3.11. The Morgan fingerprint density at radius 2 is 1.92 bits per heavy atom. The molecular formula is C21H21N3O. The fourth-order valence-corrected chi connectivity index (χ4v) is 4.68. The van der Waals surface area contributed by atoms with Crippen LogP contribution in [0.25, 0.3) is 10.9 Å². The van der Waals surface area contributed by atoms with Gasteiger partial charge < -0.3 is 9.88 Å². The number of hydrogen-bond donors (Lipinski definition) is 2. The Kier molecular flexibility index (Phi) is 2.92. The van der Waals surface area contributed by atoms with Crippen molar-refractivity contribution in [3.8, 4) is 0 Å². The van der Waals surface area contributed by atoms with Crippen LogP contribution in [-0.4, -0.2) is 23.5 Å². The van der Waals surface area contributed by atoms with Gasteiger partial charge in [0.1, 0.15) is 0 Å². The van der Waals surface area contributed by atoms with Crippen LogP contribution in [0.4, 0.5) is 5.69 Å². The molecule has 25 heavy (non-hydrogen) atoms. The molecule has 2 N–H and O–H groups in total. The number of aromatic amines is 1. The summed E-state index contributed by atoms with van der Waals surface area (Å²) < 4.78 is 0. The van der Waals surface area contributed by atoms with E-state index in [0.717, 1.165) is 28.9 Å². The van der Waals surface area contributed by atoms with Crippen LogP contribution in [0.15, 0.2) is 48.5 Å². The molecule has 0 aliphatic carbocycles. The van der Waals surface area contributed by atoms with Crippen LogP contribution in [0.1, 0.15) is 30.7 Å². The van der Waals surface area contributed by atoms with Crippen molar-refractivity contribution < 1.29 is 4.79 Å². The highest BCUT2D eigenvalue weighted by atomic mass is 16.2. The first-order valence-corrected chi connectivity index (χ1v) is 8.96. The van der Waals surface area contributed by atoms with Gasteiger partial charge in [0.2, 0.25) is 0 Å². The van der Waals surface area contributed by atoms with Gasteiger partial charge in [-0.3, -0.25) is 10.1 Å². The first kappa shape index (κ1) is 14.7. The third-order valence-electron chi connectivity index (χ3n) is 5.64. The molecule has 1 aromatic heterocycles. The first-order chi connectivity index (χ1) is 12.2. The molecule has 3 aromatic rings. The molecular weight excluding hydrogens is 310 g/mol. The van der Waals surface area contributed by atoms with Crippen molar-refractivity contribution in [1.29, 1.82) is 0 Å². The smallest absolute Gasteiger partial charge is 0.258 e. The molecule has 126 valence electrons. The highest BCUT2D eigenvalue weighted by Crippen LogP contribution is 2.48. The largest absolute Gasteiger partial charge is 0.356 e. The van der Waals surface area contributed by atoms with Gasteiger partial charge in [-0.2, -0.15) is 0 Å². The monoisotopic (exact) mass is 331 g/mol. The summed E-state index contributed by atoms with van der Waals surface area (Å²) in [6, 6.07) is 16.7. The highest BCUT2D eigenvalue weighted by molar-refractivity contribution is 6.11. The molecule has 3 heterocycles. The molecule has 0 unspecified atom stereocenters. The topological polar surface area (TPSA) is 48.1 Å². The average molecular weight is 331 g/mol. The summed E-state index contributed by atoms with van der Waals surface area (Å²) in [4.78, 5) is 19.1. The number of carbonyl (C=O) groups excluding carboxylic acids is 1. The van der Waals surface area contributed by atoms with Gasteiger partial charge in [-0.05, 0) is 38.0 Å². The maximum absolute atomic E-state index is 13.6. The van der Waals surface area contributed by atoms with E-state index in [-0.39, 0.29) is 11.9 Å². The van der Waals surface area contributed by atoms with Gasteiger partial charge in [0.05, 0.1) is 5.69 Å². The van der Waals surface area contributed by atoms with E-state index in [4.69, 9.17) is 0 Å². The van der Waals surface area contributed by atoms with Crippen molar-refractivity contribution >= 4 is 22.5 Å². The van der Waals surface area contributed by atoms with Gasteiger partial charge in [0.15, 0.2) is 5.54 Å². The number of H-pyrrole nitrogens is 1. The van der Waals surface area contributed by atoms with Crippen LogP contribution < -0.4 is 10.2 Å². The molecule has 0 saturated carbocycles. The number of rotatable bonds is 1. The van der Waals surface area contributed by atoms with Crippen LogP contribution in [0, 0.1) is 0 Å². The van der Waals surface area contributed by atoms with E-state index in [9.17, 15) is 4.79 Å². The third kappa shape index (κ3) is 1.72. The third-order valence-corrected chi connectivity index (χ3v) is 5.64. The molecule has 2 atom stereocenters. The number of aromatic nitrogens is 1. The summed E-state index contributed by atoms with van der Waals surface area (Å²) >= 11 is 0. The predicted molar refractivity (Wildman–Crippen MR) is 99.8 cm³/mol. The quantitative estimate of drug-likeness (QED) is 0.719. The number of likely N-dealkylation sites (N-methyl/N-ethyl adjacent to an activating group) is 1. The number of carbonyl (C=O) groups is 1. The Labute approximate surface area is 146 Å². The molecule has 0 fully saturated rings. The molecule has 4 nitrogen and oxygen atoms in total. The second-order valence-electron chi connectivity index (χ2n) is 7.09. The van der Waals surface area contributed by atoms with Gasteiger partial charge in [-0.15, -0.1) is 0 Å². The van der Waals surface area contributed by atoms with Gasteiger partial charge in [-0.25, -0.2) is 0 Å². The van der Waals surface area contributed by atoms with E-state index in [1.54, 1.807) is 0 Å². The van der Waals surface area contributed by atoms with Crippen molar-refractivity contribution in [1.82, 2.24) is 10.3 Å².